The van der Waals surface area contributed by atoms with Crippen LogP contribution in [0.4, 0.5) is 0 Å². The molecule has 2 aliphatic rings. The van der Waals surface area contributed by atoms with Crippen LogP contribution in [0.1, 0.15) is 32.1 Å². The first-order valence-electron chi connectivity index (χ1n) is 7.83. The van der Waals surface area contributed by atoms with E-state index >= 15 is 0 Å². The van der Waals surface area contributed by atoms with Crippen molar-refractivity contribution in [3.8, 4) is 0 Å². The summed E-state index contributed by atoms with van der Waals surface area (Å²) in [6, 6.07) is -0.484. The van der Waals surface area contributed by atoms with Crippen LogP contribution in [0, 0.1) is 5.92 Å². The smallest absolute Gasteiger partial charge is 0.241 e. The van der Waals surface area contributed by atoms with Crippen molar-refractivity contribution >= 4 is 15.9 Å². The zero-order valence-corrected chi connectivity index (χ0v) is 13.9. The average Bonchev–Trinajstić information content (AvgIpc) is 2.46. The van der Waals surface area contributed by atoms with E-state index < -0.39 is 16.1 Å². The summed E-state index contributed by atoms with van der Waals surface area (Å²) in [4.78, 5) is 14.6. The molecule has 1 amide bonds. The summed E-state index contributed by atoms with van der Waals surface area (Å²) in [5, 5.41) is 3.17. The highest BCUT2D eigenvalue weighted by Gasteiger charge is 2.37. The van der Waals surface area contributed by atoms with Crippen LogP contribution >= 0.6 is 0 Å². The Balaban J connectivity index is 2.06. The minimum Gasteiger partial charge on any atom is -0.341 e. The first-order chi connectivity index (χ1) is 9.93. The van der Waals surface area contributed by atoms with E-state index in [0.717, 1.165) is 45.3 Å². The van der Waals surface area contributed by atoms with Crippen LogP contribution in [0.2, 0.25) is 0 Å². The number of carbonyl (C=O) groups is 1. The van der Waals surface area contributed by atoms with E-state index in [1.165, 1.54) is 10.6 Å². The number of carbonyl (C=O) groups excluding carboxylic acids is 1. The number of nitrogens with one attached hydrogen (secondary N) is 1. The summed E-state index contributed by atoms with van der Waals surface area (Å²) in [5.74, 6) is 0.476. The maximum Gasteiger partial charge on any atom is 0.241 e. The van der Waals surface area contributed by atoms with Gasteiger partial charge in [0.25, 0.3) is 0 Å². The lowest BCUT2D eigenvalue weighted by atomic mass is 9.96. The van der Waals surface area contributed by atoms with Gasteiger partial charge in [0.15, 0.2) is 0 Å². The second kappa shape index (κ2) is 7.07. The van der Waals surface area contributed by atoms with Crippen molar-refractivity contribution in [1.29, 1.82) is 0 Å². The van der Waals surface area contributed by atoms with Crippen molar-refractivity contribution in [2.45, 2.75) is 38.1 Å². The lowest BCUT2D eigenvalue weighted by Crippen LogP contribution is -2.54. The summed E-state index contributed by atoms with van der Waals surface area (Å²) in [6.45, 7) is 2.88. The first kappa shape index (κ1) is 16.7. The predicted molar refractivity (Wildman–Crippen MR) is 82.4 cm³/mol. The molecule has 122 valence electrons. The van der Waals surface area contributed by atoms with Gasteiger partial charge < -0.3 is 10.2 Å². The molecule has 2 heterocycles. The van der Waals surface area contributed by atoms with Crippen molar-refractivity contribution in [1.82, 2.24) is 14.5 Å². The van der Waals surface area contributed by atoms with Gasteiger partial charge in [-0.15, -0.1) is 0 Å². The van der Waals surface area contributed by atoms with Crippen LogP contribution in [-0.4, -0.2) is 69.1 Å². The molecule has 0 aromatic heterocycles. The molecule has 2 rings (SSSR count). The van der Waals surface area contributed by atoms with Crippen molar-refractivity contribution < 1.29 is 13.2 Å². The van der Waals surface area contributed by atoms with Gasteiger partial charge in [-0.3, -0.25) is 4.79 Å². The van der Waals surface area contributed by atoms with Gasteiger partial charge in [0.1, 0.15) is 6.04 Å². The Morgan fingerprint density at radius 2 is 1.95 bits per heavy atom. The second-order valence-electron chi connectivity index (χ2n) is 6.24. The molecule has 0 unspecified atom stereocenters. The molecule has 0 saturated carbocycles. The fourth-order valence-electron chi connectivity index (χ4n) is 3.48. The number of piperidine rings is 2. The van der Waals surface area contributed by atoms with Gasteiger partial charge in [0.05, 0.1) is 6.26 Å². The number of rotatable bonds is 4. The Morgan fingerprint density at radius 1 is 1.19 bits per heavy atom. The fourth-order valence-corrected chi connectivity index (χ4v) is 4.60. The normalized spacial score (nSPS) is 28.6. The van der Waals surface area contributed by atoms with Gasteiger partial charge in [-0.25, -0.2) is 8.42 Å². The Bertz CT molecular complexity index is 464. The van der Waals surface area contributed by atoms with Gasteiger partial charge >= 0.3 is 0 Å². The Morgan fingerprint density at radius 3 is 2.62 bits per heavy atom. The molecule has 0 bridgehead atoms. The van der Waals surface area contributed by atoms with Crippen LogP contribution in [0.15, 0.2) is 0 Å². The third kappa shape index (κ3) is 4.17. The fraction of sp³-hybridized carbons (Fsp3) is 0.929. The molecule has 21 heavy (non-hydrogen) atoms. The lowest BCUT2D eigenvalue weighted by Gasteiger charge is -2.39. The van der Waals surface area contributed by atoms with E-state index in [1.54, 1.807) is 0 Å². The number of nitrogens with zero attached hydrogens (tertiary/aromatic N) is 2. The topological polar surface area (TPSA) is 69.7 Å². The van der Waals surface area contributed by atoms with Crippen LogP contribution in [-0.2, 0) is 14.8 Å². The van der Waals surface area contributed by atoms with Crippen LogP contribution in [0.25, 0.3) is 0 Å². The quantitative estimate of drug-likeness (QED) is 0.807. The summed E-state index contributed by atoms with van der Waals surface area (Å²) < 4.78 is 25.2. The maximum atomic E-state index is 12.8. The Kier molecular flexibility index (Phi) is 5.62. The van der Waals surface area contributed by atoms with Crippen LogP contribution in [0.5, 0.6) is 0 Å². The highest BCUT2D eigenvalue weighted by atomic mass is 32.2. The highest BCUT2D eigenvalue weighted by Crippen LogP contribution is 2.24. The molecule has 6 nitrogen and oxygen atoms in total. The van der Waals surface area contributed by atoms with Crippen molar-refractivity contribution in [2.75, 3.05) is 39.5 Å². The molecule has 0 radical (unpaired) electrons. The molecule has 1 N–H and O–H groups in total. The summed E-state index contributed by atoms with van der Waals surface area (Å²) >= 11 is 0. The number of hydrogen-bond donors (Lipinski definition) is 1. The first-order valence-corrected chi connectivity index (χ1v) is 9.68. The lowest BCUT2D eigenvalue weighted by molar-refractivity contribution is -0.138. The molecule has 7 heteroatoms. The van der Waals surface area contributed by atoms with E-state index in [0.29, 0.717) is 18.9 Å². The van der Waals surface area contributed by atoms with E-state index in [9.17, 15) is 13.2 Å². The minimum absolute atomic E-state index is 0.000859. The second-order valence-corrected chi connectivity index (χ2v) is 8.17. The van der Waals surface area contributed by atoms with E-state index in [2.05, 4.69) is 5.32 Å². The van der Waals surface area contributed by atoms with E-state index in [-0.39, 0.29) is 5.91 Å². The maximum absolute atomic E-state index is 12.8. The molecule has 0 aromatic rings. The van der Waals surface area contributed by atoms with Crippen LogP contribution in [0.3, 0.4) is 0 Å². The van der Waals surface area contributed by atoms with Crippen molar-refractivity contribution in [2.24, 2.45) is 5.92 Å². The average molecular weight is 317 g/mol. The SMILES string of the molecule is CNC[C@@H]1CCCN(C(=O)[C@H]2CCCCN2S(C)(=O)=O)C1. The number of amides is 1. The molecule has 0 spiro atoms. The summed E-state index contributed by atoms with van der Waals surface area (Å²) in [5.41, 5.74) is 0. The van der Waals surface area contributed by atoms with Gasteiger partial charge in [-0.05, 0) is 45.2 Å². The molecule has 2 saturated heterocycles. The minimum atomic E-state index is -3.31. The van der Waals surface area contributed by atoms with Crippen molar-refractivity contribution in [3.05, 3.63) is 0 Å². The zero-order valence-electron chi connectivity index (χ0n) is 13.0. The highest BCUT2D eigenvalue weighted by molar-refractivity contribution is 7.88. The summed E-state index contributed by atoms with van der Waals surface area (Å²) in [6.07, 6.45) is 5.77. The van der Waals surface area contributed by atoms with Crippen molar-refractivity contribution in [3.63, 3.8) is 0 Å². The van der Waals surface area contributed by atoms with Gasteiger partial charge in [0, 0.05) is 19.6 Å². The van der Waals surface area contributed by atoms with E-state index in [1.807, 2.05) is 11.9 Å². The predicted octanol–water partition coefficient (Wildman–Crippen LogP) is 0.259. The summed E-state index contributed by atoms with van der Waals surface area (Å²) in [7, 11) is -1.39. The van der Waals surface area contributed by atoms with E-state index in [4.69, 9.17) is 0 Å². The number of hydrogen-bond acceptors (Lipinski definition) is 4. The Labute approximate surface area is 127 Å². The zero-order chi connectivity index (χ0) is 15.5. The molecule has 0 aromatic carbocycles. The molecule has 2 atom stereocenters. The largest absolute Gasteiger partial charge is 0.341 e. The number of likely N-dealkylation sites (tertiary alicyclic amines) is 1. The number of sulfonamides is 1. The third-order valence-electron chi connectivity index (χ3n) is 4.49. The molecule has 2 aliphatic heterocycles. The molecular formula is C14H27N3O3S. The van der Waals surface area contributed by atoms with Crippen LogP contribution < -0.4 is 5.32 Å². The monoisotopic (exact) mass is 317 g/mol. The Hall–Kier alpha value is -0.660. The standard InChI is InChI=1S/C14H27N3O3S/c1-15-10-12-6-5-8-16(11-12)14(18)13-7-3-4-9-17(13)21(2,19)20/h12-13,15H,3-11H2,1-2H3/t12-,13+/m0/s1. The molecule has 2 fully saturated rings. The third-order valence-corrected chi connectivity index (χ3v) is 5.78. The van der Waals surface area contributed by atoms with Gasteiger partial charge in [-0.1, -0.05) is 6.42 Å². The molecular weight excluding hydrogens is 290 g/mol. The molecule has 0 aliphatic carbocycles. The van der Waals surface area contributed by atoms with Gasteiger partial charge in [0.2, 0.25) is 15.9 Å². The van der Waals surface area contributed by atoms with Gasteiger partial charge in [-0.2, -0.15) is 4.31 Å².